The Hall–Kier alpha value is -1.94. The maximum absolute atomic E-state index is 13.1. The molecule has 0 radical (unpaired) electrons. The number of benzene rings is 2. The van der Waals surface area contributed by atoms with Crippen LogP contribution in [0.1, 0.15) is 18.9 Å². The maximum atomic E-state index is 13.1. The average Bonchev–Trinajstić information content (AvgIpc) is 2.51. The average molecular weight is 291 g/mol. The van der Waals surface area contributed by atoms with Gasteiger partial charge in [-0.25, -0.2) is 8.78 Å². The Labute approximate surface area is 123 Å². The normalized spacial score (nSPS) is 13.7. The molecule has 2 rings (SSSR count). The van der Waals surface area contributed by atoms with Crippen molar-refractivity contribution in [1.29, 1.82) is 0 Å². The van der Waals surface area contributed by atoms with Gasteiger partial charge in [0, 0.05) is 18.0 Å². The largest absolute Gasteiger partial charge is 0.493 e. The Balaban J connectivity index is 1.99. The first-order chi connectivity index (χ1) is 10.0. The van der Waals surface area contributed by atoms with Crippen molar-refractivity contribution in [1.82, 2.24) is 0 Å². The summed E-state index contributed by atoms with van der Waals surface area (Å²) in [5.74, 6) is -1.46. The van der Waals surface area contributed by atoms with Gasteiger partial charge in [-0.1, -0.05) is 37.3 Å². The monoisotopic (exact) mass is 291 g/mol. The highest BCUT2D eigenvalue weighted by atomic mass is 19.2. The van der Waals surface area contributed by atoms with E-state index in [9.17, 15) is 8.78 Å². The first kappa shape index (κ1) is 15.4. The zero-order chi connectivity index (χ0) is 15.3. The van der Waals surface area contributed by atoms with Gasteiger partial charge in [-0.2, -0.15) is 0 Å². The fraction of sp³-hybridized carbons (Fsp3) is 0.294. The number of halogens is 2. The van der Waals surface area contributed by atoms with Gasteiger partial charge < -0.3 is 10.5 Å². The molecule has 0 fully saturated rings. The Bertz CT molecular complexity index is 589. The third kappa shape index (κ3) is 3.79. The molecule has 0 aliphatic heterocycles. The fourth-order valence-electron chi connectivity index (χ4n) is 2.17. The zero-order valence-corrected chi connectivity index (χ0v) is 12.0. The Morgan fingerprint density at radius 1 is 1.05 bits per heavy atom. The van der Waals surface area contributed by atoms with E-state index in [1.165, 1.54) is 6.07 Å². The SMILES string of the molecule is CC(CN)(CCOc1ccc(F)c(F)c1)c1ccccc1. The summed E-state index contributed by atoms with van der Waals surface area (Å²) in [6, 6.07) is 13.5. The van der Waals surface area contributed by atoms with Crippen LogP contribution in [0.4, 0.5) is 8.78 Å². The molecule has 0 aliphatic rings. The Morgan fingerprint density at radius 2 is 1.76 bits per heavy atom. The standard InChI is InChI=1S/C17H19F2NO/c1-17(12-20,13-5-3-2-4-6-13)9-10-21-14-7-8-15(18)16(19)11-14/h2-8,11H,9-10,12,20H2,1H3. The predicted octanol–water partition coefficient (Wildman–Crippen LogP) is 3.65. The molecule has 2 nitrogen and oxygen atoms in total. The van der Waals surface area contributed by atoms with E-state index >= 15 is 0 Å². The van der Waals surface area contributed by atoms with Crippen LogP contribution in [0.2, 0.25) is 0 Å². The van der Waals surface area contributed by atoms with Crippen LogP contribution in [0.3, 0.4) is 0 Å². The van der Waals surface area contributed by atoms with Crippen LogP contribution >= 0.6 is 0 Å². The highest BCUT2D eigenvalue weighted by Crippen LogP contribution is 2.27. The summed E-state index contributed by atoms with van der Waals surface area (Å²) < 4.78 is 31.4. The minimum atomic E-state index is -0.905. The summed E-state index contributed by atoms with van der Waals surface area (Å²) in [6.45, 7) is 2.93. The second-order valence-electron chi connectivity index (χ2n) is 5.31. The van der Waals surface area contributed by atoms with Crippen molar-refractivity contribution >= 4 is 0 Å². The van der Waals surface area contributed by atoms with E-state index in [4.69, 9.17) is 10.5 Å². The molecule has 0 bridgehead atoms. The number of hydrogen-bond donors (Lipinski definition) is 1. The van der Waals surface area contributed by atoms with Gasteiger partial charge in [0.1, 0.15) is 5.75 Å². The van der Waals surface area contributed by atoms with E-state index in [0.29, 0.717) is 25.3 Å². The molecular weight excluding hydrogens is 272 g/mol. The summed E-state index contributed by atoms with van der Waals surface area (Å²) in [7, 11) is 0. The molecule has 0 saturated carbocycles. The molecule has 0 aliphatic carbocycles. The molecule has 1 atom stereocenters. The lowest BCUT2D eigenvalue weighted by Gasteiger charge is -2.28. The van der Waals surface area contributed by atoms with Gasteiger partial charge in [0.05, 0.1) is 6.61 Å². The lowest BCUT2D eigenvalue weighted by molar-refractivity contribution is 0.265. The van der Waals surface area contributed by atoms with Crippen molar-refractivity contribution < 1.29 is 13.5 Å². The summed E-state index contributed by atoms with van der Waals surface area (Å²) in [6.07, 6.45) is 0.687. The molecule has 0 amide bonds. The van der Waals surface area contributed by atoms with E-state index in [0.717, 1.165) is 17.7 Å². The van der Waals surface area contributed by atoms with Crippen molar-refractivity contribution in [2.75, 3.05) is 13.2 Å². The number of ether oxygens (including phenoxy) is 1. The molecule has 0 heterocycles. The summed E-state index contributed by atoms with van der Waals surface area (Å²) in [5.41, 5.74) is 6.83. The van der Waals surface area contributed by atoms with E-state index < -0.39 is 11.6 Å². The number of hydrogen-bond acceptors (Lipinski definition) is 2. The fourth-order valence-corrected chi connectivity index (χ4v) is 2.17. The van der Waals surface area contributed by atoms with Crippen molar-refractivity contribution in [2.45, 2.75) is 18.8 Å². The van der Waals surface area contributed by atoms with Crippen LogP contribution in [-0.2, 0) is 5.41 Å². The Morgan fingerprint density at radius 3 is 2.38 bits per heavy atom. The molecule has 4 heteroatoms. The van der Waals surface area contributed by atoms with Crippen LogP contribution in [0.15, 0.2) is 48.5 Å². The number of nitrogens with two attached hydrogens (primary N) is 1. The topological polar surface area (TPSA) is 35.2 Å². The minimum absolute atomic E-state index is 0.208. The molecule has 2 aromatic rings. The third-order valence-corrected chi connectivity index (χ3v) is 3.73. The van der Waals surface area contributed by atoms with Gasteiger partial charge in [-0.05, 0) is 24.1 Å². The van der Waals surface area contributed by atoms with E-state index in [-0.39, 0.29) is 5.41 Å². The van der Waals surface area contributed by atoms with Gasteiger partial charge in [0.2, 0.25) is 0 Å². The second-order valence-corrected chi connectivity index (χ2v) is 5.31. The first-order valence-electron chi connectivity index (χ1n) is 6.88. The second kappa shape index (κ2) is 6.68. The molecule has 0 aromatic heterocycles. The van der Waals surface area contributed by atoms with Gasteiger partial charge in [0.25, 0.3) is 0 Å². The van der Waals surface area contributed by atoms with Gasteiger partial charge >= 0.3 is 0 Å². The lowest BCUT2D eigenvalue weighted by Crippen LogP contribution is -2.33. The van der Waals surface area contributed by atoms with Crippen molar-refractivity contribution in [3.05, 3.63) is 65.7 Å². The van der Waals surface area contributed by atoms with E-state index in [2.05, 4.69) is 6.92 Å². The van der Waals surface area contributed by atoms with Crippen LogP contribution in [0.25, 0.3) is 0 Å². The molecular formula is C17H19F2NO. The Kier molecular flexibility index (Phi) is 4.91. The van der Waals surface area contributed by atoms with Gasteiger partial charge in [-0.15, -0.1) is 0 Å². The van der Waals surface area contributed by atoms with Crippen molar-refractivity contribution in [2.24, 2.45) is 5.73 Å². The van der Waals surface area contributed by atoms with Crippen LogP contribution in [0.5, 0.6) is 5.75 Å². The highest BCUT2D eigenvalue weighted by molar-refractivity contribution is 5.26. The van der Waals surface area contributed by atoms with Gasteiger partial charge in [0.15, 0.2) is 11.6 Å². The molecule has 21 heavy (non-hydrogen) atoms. The van der Waals surface area contributed by atoms with Crippen molar-refractivity contribution in [3.63, 3.8) is 0 Å². The molecule has 2 aromatic carbocycles. The van der Waals surface area contributed by atoms with Crippen molar-refractivity contribution in [3.8, 4) is 5.75 Å². The minimum Gasteiger partial charge on any atom is -0.493 e. The molecule has 112 valence electrons. The molecule has 0 spiro atoms. The zero-order valence-electron chi connectivity index (χ0n) is 12.0. The summed E-state index contributed by atoms with van der Waals surface area (Å²) >= 11 is 0. The van der Waals surface area contributed by atoms with Crippen LogP contribution in [0, 0.1) is 11.6 Å². The smallest absolute Gasteiger partial charge is 0.162 e. The maximum Gasteiger partial charge on any atom is 0.162 e. The van der Waals surface area contributed by atoms with E-state index in [1.54, 1.807) is 0 Å². The predicted molar refractivity (Wildman–Crippen MR) is 79.3 cm³/mol. The van der Waals surface area contributed by atoms with Crippen LogP contribution in [-0.4, -0.2) is 13.2 Å². The quantitative estimate of drug-likeness (QED) is 0.881. The number of rotatable bonds is 6. The molecule has 2 N–H and O–H groups in total. The van der Waals surface area contributed by atoms with Crippen LogP contribution < -0.4 is 10.5 Å². The third-order valence-electron chi connectivity index (χ3n) is 3.73. The highest BCUT2D eigenvalue weighted by Gasteiger charge is 2.24. The first-order valence-corrected chi connectivity index (χ1v) is 6.88. The molecule has 1 unspecified atom stereocenters. The summed E-state index contributed by atoms with van der Waals surface area (Å²) in [5, 5.41) is 0. The van der Waals surface area contributed by atoms with Gasteiger partial charge in [-0.3, -0.25) is 0 Å². The van der Waals surface area contributed by atoms with E-state index in [1.807, 2.05) is 30.3 Å². The molecule has 0 saturated heterocycles. The lowest BCUT2D eigenvalue weighted by atomic mass is 9.80. The summed E-state index contributed by atoms with van der Waals surface area (Å²) in [4.78, 5) is 0.